The Hall–Kier alpha value is -2.55. The van der Waals surface area contributed by atoms with Gasteiger partial charge in [0, 0.05) is 6.20 Å². The molecule has 104 valence electrons. The molecule has 9 nitrogen and oxygen atoms in total. The summed E-state index contributed by atoms with van der Waals surface area (Å²) < 4.78 is 4.27. The van der Waals surface area contributed by atoms with Crippen LogP contribution in [0.25, 0.3) is 0 Å². The zero-order chi connectivity index (χ0) is 14.6. The fourth-order valence-corrected chi connectivity index (χ4v) is 1.44. The second kappa shape index (κ2) is 5.40. The Bertz CT molecular complexity index is 470. The van der Waals surface area contributed by atoms with E-state index in [4.69, 9.17) is 5.11 Å². The topological polar surface area (TPSA) is 136 Å². The molecule has 4 N–H and O–H groups in total. The molecule has 0 radical (unpaired) electrons. The van der Waals surface area contributed by atoms with Gasteiger partial charge in [0.05, 0.1) is 7.11 Å². The van der Waals surface area contributed by atoms with Crippen LogP contribution in [0.3, 0.4) is 0 Å². The van der Waals surface area contributed by atoms with Crippen LogP contribution in [0.2, 0.25) is 0 Å². The quantitative estimate of drug-likeness (QED) is 0.368. The van der Waals surface area contributed by atoms with Crippen molar-refractivity contribution in [3.05, 3.63) is 24.1 Å². The monoisotopic (exact) mass is 272 g/mol. The van der Waals surface area contributed by atoms with Crippen molar-refractivity contribution in [3.8, 4) is 0 Å². The number of aliphatic carboxylic acids is 1. The summed E-state index contributed by atoms with van der Waals surface area (Å²) in [6.07, 6.45) is 2.97. The van der Waals surface area contributed by atoms with E-state index in [0.717, 1.165) is 25.5 Å². The number of hydrogen-bond donors (Lipinski definition) is 4. The second-order valence-electron chi connectivity index (χ2n) is 3.51. The van der Waals surface area contributed by atoms with Gasteiger partial charge in [-0.15, -0.1) is 0 Å². The molecule has 1 unspecified atom stereocenters. The number of esters is 1. The van der Waals surface area contributed by atoms with E-state index in [1.54, 1.807) is 0 Å². The Morgan fingerprint density at radius 2 is 2.11 bits per heavy atom. The number of methoxy groups -OCH3 is 1. The molecule has 1 rings (SSSR count). The highest BCUT2D eigenvalue weighted by atomic mass is 16.5. The number of nitrogens with zero attached hydrogens (tertiary/aromatic N) is 1. The molecule has 1 amide bonds. The van der Waals surface area contributed by atoms with Crippen LogP contribution in [0, 0.1) is 0 Å². The van der Waals surface area contributed by atoms with E-state index in [9.17, 15) is 24.7 Å². The number of carbonyl (C=O) groups is 3. The molecular formula is C10H12N2O7. The van der Waals surface area contributed by atoms with Crippen molar-refractivity contribution in [2.45, 2.75) is 5.54 Å². The minimum Gasteiger partial charge on any atom is -0.508 e. The lowest BCUT2D eigenvalue weighted by atomic mass is 9.93. The molecule has 9 heteroatoms. The van der Waals surface area contributed by atoms with Gasteiger partial charge in [-0.25, -0.2) is 9.86 Å². The van der Waals surface area contributed by atoms with E-state index in [2.05, 4.69) is 4.74 Å². The van der Waals surface area contributed by atoms with Crippen LogP contribution in [-0.2, 0) is 19.1 Å². The molecule has 1 aliphatic rings. The third-order valence-corrected chi connectivity index (χ3v) is 2.45. The average Bonchev–Trinajstić information content (AvgIpc) is 2.35. The predicted octanol–water partition coefficient (Wildman–Crippen LogP) is -1.24. The zero-order valence-corrected chi connectivity index (χ0v) is 9.86. The molecule has 0 saturated carbocycles. The van der Waals surface area contributed by atoms with Gasteiger partial charge in [0.1, 0.15) is 12.3 Å². The molecule has 1 aliphatic heterocycles. The highest BCUT2D eigenvalue weighted by Gasteiger charge is 2.56. The van der Waals surface area contributed by atoms with Crippen LogP contribution < -0.4 is 5.32 Å². The number of carbonyl (C=O) groups excluding carboxylic acids is 2. The average molecular weight is 272 g/mol. The smallest absolute Gasteiger partial charge is 0.350 e. The number of ether oxygens (including phenoxy) is 1. The fraction of sp³-hybridized carbons (Fsp3) is 0.300. The summed E-state index contributed by atoms with van der Waals surface area (Å²) in [5.41, 5.74) is -2.73. The Labute approximate surface area is 107 Å². The van der Waals surface area contributed by atoms with Gasteiger partial charge in [-0.3, -0.25) is 14.8 Å². The molecule has 0 aliphatic carbocycles. The first kappa shape index (κ1) is 14.5. The van der Waals surface area contributed by atoms with Gasteiger partial charge in [-0.2, -0.15) is 0 Å². The van der Waals surface area contributed by atoms with E-state index >= 15 is 0 Å². The van der Waals surface area contributed by atoms with Crippen LogP contribution in [-0.4, -0.2) is 57.5 Å². The van der Waals surface area contributed by atoms with Gasteiger partial charge in [-0.05, 0) is 12.2 Å². The van der Waals surface area contributed by atoms with Crippen molar-refractivity contribution in [1.29, 1.82) is 0 Å². The van der Waals surface area contributed by atoms with Gasteiger partial charge in [0.25, 0.3) is 11.4 Å². The Balaban J connectivity index is 3.04. The van der Waals surface area contributed by atoms with Crippen molar-refractivity contribution < 1.29 is 34.5 Å². The first-order valence-electron chi connectivity index (χ1n) is 5.02. The maximum atomic E-state index is 11.9. The number of rotatable bonds is 4. The van der Waals surface area contributed by atoms with E-state index in [0.29, 0.717) is 0 Å². The van der Waals surface area contributed by atoms with Crippen LogP contribution in [0.4, 0.5) is 0 Å². The summed E-state index contributed by atoms with van der Waals surface area (Å²) in [6.45, 7) is -0.602. The van der Waals surface area contributed by atoms with Crippen molar-refractivity contribution >= 4 is 17.8 Å². The third-order valence-electron chi connectivity index (χ3n) is 2.45. The number of nitrogens with one attached hydrogen (secondary N) is 1. The summed E-state index contributed by atoms with van der Waals surface area (Å²) in [5, 5.41) is 30.2. The number of hydrogen-bond acceptors (Lipinski definition) is 7. The summed E-state index contributed by atoms with van der Waals surface area (Å²) in [5.74, 6) is -4.80. The van der Waals surface area contributed by atoms with E-state index < -0.39 is 35.7 Å². The first-order chi connectivity index (χ1) is 8.87. The van der Waals surface area contributed by atoms with Gasteiger partial charge < -0.3 is 20.3 Å². The van der Waals surface area contributed by atoms with Crippen molar-refractivity contribution in [3.63, 3.8) is 0 Å². The van der Waals surface area contributed by atoms with E-state index in [-0.39, 0.29) is 5.06 Å². The van der Waals surface area contributed by atoms with Gasteiger partial charge in [-0.1, -0.05) is 0 Å². The summed E-state index contributed by atoms with van der Waals surface area (Å²) in [6, 6.07) is 0. The molecule has 1 heterocycles. The van der Waals surface area contributed by atoms with Gasteiger partial charge in [0.2, 0.25) is 0 Å². The Morgan fingerprint density at radius 3 is 2.58 bits per heavy atom. The third kappa shape index (κ3) is 2.36. The number of carboxylic acid groups (broad SMARTS) is 1. The minimum absolute atomic E-state index is 0.0390. The van der Waals surface area contributed by atoms with E-state index in [1.165, 1.54) is 0 Å². The second-order valence-corrected chi connectivity index (χ2v) is 3.51. The highest BCUT2D eigenvalue weighted by Crippen LogP contribution is 2.26. The van der Waals surface area contributed by atoms with Crippen LogP contribution in [0.5, 0.6) is 0 Å². The molecular weight excluding hydrogens is 260 g/mol. The van der Waals surface area contributed by atoms with Gasteiger partial charge >= 0.3 is 11.9 Å². The number of aliphatic hydroxyl groups excluding tert-OH is 1. The summed E-state index contributed by atoms with van der Waals surface area (Å²) >= 11 is 0. The molecule has 0 saturated heterocycles. The SMILES string of the molecule is COC(=O)CNC(=O)C1(C(=O)O)C(O)=CC=CN1O. The lowest BCUT2D eigenvalue weighted by Crippen LogP contribution is -2.63. The van der Waals surface area contributed by atoms with Gasteiger partial charge in [0.15, 0.2) is 0 Å². The number of aliphatic hydroxyl groups is 1. The lowest BCUT2D eigenvalue weighted by molar-refractivity contribution is -0.183. The molecule has 0 aromatic heterocycles. The number of allylic oxidation sites excluding steroid dienone is 2. The number of hydroxylamine groups is 2. The zero-order valence-electron chi connectivity index (χ0n) is 9.86. The molecule has 0 bridgehead atoms. The lowest BCUT2D eigenvalue weighted by Gasteiger charge is -2.34. The number of amides is 1. The molecule has 0 aromatic rings. The maximum absolute atomic E-state index is 11.9. The summed E-state index contributed by atoms with van der Waals surface area (Å²) in [4.78, 5) is 34.0. The highest BCUT2D eigenvalue weighted by molar-refractivity contribution is 6.10. The van der Waals surface area contributed by atoms with E-state index in [1.807, 2.05) is 5.32 Å². The molecule has 0 spiro atoms. The van der Waals surface area contributed by atoms with Crippen LogP contribution in [0.15, 0.2) is 24.1 Å². The molecule has 1 atom stereocenters. The summed E-state index contributed by atoms with van der Waals surface area (Å²) in [7, 11) is 1.08. The van der Waals surface area contributed by atoms with Crippen LogP contribution in [0.1, 0.15) is 0 Å². The molecule has 0 fully saturated rings. The fourth-order valence-electron chi connectivity index (χ4n) is 1.44. The maximum Gasteiger partial charge on any atom is 0.350 e. The minimum atomic E-state index is -2.73. The first-order valence-corrected chi connectivity index (χ1v) is 5.02. The Kier molecular flexibility index (Phi) is 4.12. The number of carboxylic acids is 1. The molecule has 0 aromatic carbocycles. The largest absolute Gasteiger partial charge is 0.508 e. The van der Waals surface area contributed by atoms with Crippen molar-refractivity contribution in [2.75, 3.05) is 13.7 Å². The predicted molar refractivity (Wildman–Crippen MR) is 58.9 cm³/mol. The normalized spacial score (nSPS) is 21.6. The Morgan fingerprint density at radius 1 is 1.47 bits per heavy atom. The van der Waals surface area contributed by atoms with Crippen LogP contribution >= 0.6 is 0 Å². The standard InChI is InChI=1S/C10H12N2O7/c1-19-7(14)5-11-8(15)10(9(16)17)6(13)3-2-4-12(10)18/h2-4,13,18H,5H2,1H3,(H,11,15)(H,16,17). The van der Waals surface area contributed by atoms with Crippen molar-refractivity contribution in [1.82, 2.24) is 10.4 Å². The molecule has 19 heavy (non-hydrogen) atoms. The van der Waals surface area contributed by atoms with Crippen molar-refractivity contribution in [2.24, 2.45) is 0 Å².